The molecule has 1 aliphatic rings. The molecule has 16 heavy (non-hydrogen) atoms. The van der Waals surface area contributed by atoms with Crippen LogP contribution in [0.15, 0.2) is 30.6 Å². The van der Waals surface area contributed by atoms with Gasteiger partial charge in [0.05, 0.1) is 0 Å². The molecule has 1 saturated heterocycles. The molecule has 1 aromatic rings. The Labute approximate surface area is 109 Å². The third kappa shape index (κ3) is 4.97. The zero-order valence-electron chi connectivity index (χ0n) is 9.13. The molecular formula is C12H18Cl2N2. The number of pyridine rings is 1. The molecule has 0 aromatic carbocycles. The topological polar surface area (TPSA) is 24.9 Å². The van der Waals surface area contributed by atoms with Crippen molar-refractivity contribution in [3.8, 4) is 0 Å². The molecule has 0 aliphatic carbocycles. The fourth-order valence-electron chi connectivity index (χ4n) is 1.76. The fraction of sp³-hybridized carbons (Fsp3) is 0.417. The van der Waals surface area contributed by atoms with E-state index in [-0.39, 0.29) is 24.8 Å². The van der Waals surface area contributed by atoms with Crippen molar-refractivity contribution in [2.24, 2.45) is 5.92 Å². The van der Waals surface area contributed by atoms with E-state index in [4.69, 9.17) is 0 Å². The molecule has 4 heteroatoms. The average Bonchev–Trinajstić information content (AvgIpc) is 2.29. The van der Waals surface area contributed by atoms with E-state index in [1.165, 1.54) is 18.4 Å². The lowest BCUT2D eigenvalue weighted by atomic mass is 9.97. The Hall–Kier alpha value is -0.570. The predicted octanol–water partition coefficient (Wildman–Crippen LogP) is 2.94. The van der Waals surface area contributed by atoms with Gasteiger partial charge in [-0.05, 0) is 49.5 Å². The maximum Gasteiger partial charge on any atom is 0.0273 e. The minimum Gasteiger partial charge on any atom is -0.317 e. The Morgan fingerprint density at radius 1 is 1.12 bits per heavy atom. The zero-order valence-corrected chi connectivity index (χ0v) is 10.8. The summed E-state index contributed by atoms with van der Waals surface area (Å²) in [6.45, 7) is 2.32. The summed E-state index contributed by atoms with van der Waals surface area (Å²) in [5.41, 5.74) is 1.25. The molecule has 2 nitrogen and oxygen atoms in total. The standard InChI is InChI=1S/C12H16N2.2ClH/c1(11-3-7-13-8-4-11)2-12-5-9-14-10-6-12;;/h1-4,7-8,12,14H,5-6,9-10H2;2*1H/b2-1+;;. The normalized spacial score (nSPS) is 16.5. The smallest absolute Gasteiger partial charge is 0.0273 e. The van der Waals surface area contributed by atoms with Crippen LogP contribution in [0, 0.1) is 5.92 Å². The van der Waals surface area contributed by atoms with Crippen LogP contribution < -0.4 is 5.32 Å². The van der Waals surface area contributed by atoms with E-state index >= 15 is 0 Å². The van der Waals surface area contributed by atoms with Gasteiger partial charge in [-0.25, -0.2) is 0 Å². The van der Waals surface area contributed by atoms with Gasteiger partial charge in [0.25, 0.3) is 0 Å². The number of aromatic nitrogens is 1. The average molecular weight is 261 g/mol. The minimum absolute atomic E-state index is 0. The first-order chi connectivity index (χ1) is 6.95. The molecule has 1 aliphatic heterocycles. The molecule has 0 spiro atoms. The molecule has 1 aromatic heterocycles. The van der Waals surface area contributed by atoms with Gasteiger partial charge in [0.1, 0.15) is 0 Å². The highest BCUT2D eigenvalue weighted by atomic mass is 35.5. The molecule has 0 amide bonds. The molecular weight excluding hydrogens is 243 g/mol. The second-order valence-electron chi connectivity index (χ2n) is 3.73. The zero-order chi connectivity index (χ0) is 9.64. The summed E-state index contributed by atoms with van der Waals surface area (Å²) in [5, 5.41) is 3.37. The number of nitrogens with one attached hydrogen (secondary N) is 1. The van der Waals surface area contributed by atoms with Crippen molar-refractivity contribution in [2.45, 2.75) is 12.8 Å². The summed E-state index contributed by atoms with van der Waals surface area (Å²) in [7, 11) is 0. The minimum atomic E-state index is 0. The van der Waals surface area contributed by atoms with Crippen LogP contribution in [-0.4, -0.2) is 18.1 Å². The SMILES string of the molecule is C(=C\C1CCNCC1)/c1ccncc1.Cl.Cl. The Kier molecular flexibility index (Phi) is 8.26. The van der Waals surface area contributed by atoms with Crippen LogP contribution in [-0.2, 0) is 0 Å². The van der Waals surface area contributed by atoms with Crippen LogP contribution in [0.4, 0.5) is 0 Å². The first-order valence-corrected chi connectivity index (χ1v) is 5.24. The first-order valence-electron chi connectivity index (χ1n) is 5.24. The van der Waals surface area contributed by atoms with Crippen LogP contribution in [0.1, 0.15) is 18.4 Å². The lowest BCUT2D eigenvalue weighted by Crippen LogP contribution is -2.26. The van der Waals surface area contributed by atoms with Gasteiger partial charge in [0.2, 0.25) is 0 Å². The summed E-state index contributed by atoms with van der Waals surface area (Å²) in [5.74, 6) is 0.754. The van der Waals surface area contributed by atoms with Gasteiger partial charge in [-0.2, -0.15) is 0 Å². The highest BCUT2D eigenvalue weighted by Gasteiger charge is 2.08. The maximum atomic E-state index is 4.00. The van der Waals surface area contributed by atoms with Crippen LogP contribution in [0.3, 0.4) is 0 Å². The highest BCUT2D eigenvalue weighted by molar-refractivity contribution is 5.85. The second kappa shape index (κ2) is 8.57. The van der Waals surface area contributed by atoms with E-state index in [1.54, 1.807) is 0 Å². The third-order valence-electron chi connectivity index (χ3n) is 2.65. The van der Waals surface area contributed by atoms with E-state index in [1.807, 2.05) is 24.5 Å². The summed E-state index contributed by atoms with van der Waals surface area (Å²) >= 11 is 0. The molecule has 2 heterocycles. The summed E-state index contributed by atoms with van der Waals surface area (Å²) in [4.78, 5) is 4.00. The van der Waals surface area contributed by atoms with Crippen molar-refractivity contribution >= 4 is 30.9 Å². The van der Waals surface area contributed by atoms with Crippen molar-refractivity contribution in [3.05, 3.63) is 36.2 Å². The Bertz CT molecular complexity index is 295. The fourth-order valence-corrected chi connectivity index (χ4v) is 1.76. The van der Waals surface area contributed by atoms with E-state index in [0.717, 1.165) is 19.0 Å². The quantitative estimate of drug-likeness (QED) is 0.885. The summed E-state index contributed by atoms with van der Waals surface area (Å²) < 4.78 is 0. The van der Waals surface area contributed by atoms with Gasteiger partial charge >= 0.3 is 0 Å². The van der Waals surface area contributed by atoms with Crippen molar-refractivity contribution in [1.29, 1.82) is 0 Å². The molecule has 0 bridgehead atoms. The Balaban J connectivity index is 0.00000112. The maximum absolute atomic E-state index is 4.00. The Morgan fingerprint density at radius 3 is 2.38 bits per heavy atom. The lowest BCUT2D eigenvalue weighted by Gasteiger charge is -2.19. The largest absolute Gasteiger partial charge is 0.317 e. The molecule has 1 N–H and O–H groups in total. The van der Waals surface area contributed by atoms with Gasteiger partial charge in [-0.3, -0.25) is 4.98 Å². The van der Waals surface area contributed by atoms with Crippen molar-refractivity contribution < 1.29 is 0 Å². The van der Waals surface area contributed by atoms with Gasteiger partial charge in [0, 0.05) is 12.4 Å². The highest BCUT2D eigenvalue weighted by Crippen LogP contribution is 2.14. The molecule has 0 atom stereocenters. The monoisotopic (exact) mass is 260 g/mol. The van der Waals surface area contributed by atoms with Gasteiger partial charge in [0.15, 0.2) is 0 Å². The predicted molar refractivity (Wildman–Crippen MR) is 73.4 cm³/mol. The second-order valence-corrected chi connectivity index (χ2v) is 3.73. The Morgan fingerprint density at radius 2 is 1.75 bits per heavy atom. The number of piperidine rings is 1. The number of hydrogen-bond donors (Lipinski definition) is 1. The van der Waals surface area contributed by atoms with Crippen molar-refractivity contribution in [1.82, 2.24) is 10.3 Å². The molecule has 0 unspecified atom stereocenters. The van der Waals surface area contributed by atoms with Crippen LogP contribution >= 0.6 is 24.8 Å². The number of hydrogen-bond acceptors (Lipinski definition) is 2. The molecule has 0 radical (unpaired) electrons. The van der Waals surface area contributed by atoms with E-state index < -0.39 is 0 Å². The summed E-state index contributed by atoms with van der Waals surface area (Å²) in [6, 6.07) is 4.08. The molecule has 1 fully saturated rings. The van der Waals surface area contributed by atoms with Crippen molar-refractivity contribution in [3.63, 3.8) is 0 Å². The van der Waals surface area contributed by atoms with E-state index in [2.05, 4.69) is 22.5 Å². The third-order valence-corrected chi connectivity index (χ3v) is 2.65. The van der Waals surface area contributed by atoms with Gasteiger partial charge in [-0.15, -0.1) is 24.8 Å². The summed E-state index contributed by atoms with van der Waals surface area (Å²) in [6.07, 6.45) is 10.7. The van der Waals surface area contributed by atoms with Crippen LogP contribution in [0.2, 0.25) is 0 Å². The molecule has 0 saturated carbocycles. The number of rotatable bonds is 2. The van der Waals surface area contributed by atoms with Crippen molar-refractivity contribution in [2.75, 3.05) is 13.1 Å². The number of nitrogens with zero attached hydrogens (tertiary/aromatic N) is 1. The number of allylic oxidation sites excluding steroid dienone is 1. The van der Waals surface area contributed by atoms with Crippen LogP contribution in [0.5, 0.6) is 0 Å². The van der Waals surface area contributed by atoms with Gasteiger partial charge < -0.3 is 5.32 Å². The van der Waals surface area contributed by atoms with E-state index in [0.29, 0.717) is 0 Å². The van der Waals surface area contributed by atoms with Gasteiger partial charge in [-0.1, -0.05) is 12.2 Å². The number of halogens is 2. The lowest BCUT2D eigenvalue weighted by molar-refractivity contribution is 0.438. The molecule has 90 valence electrons. The van der Waals surface area contributed by atoms with Crippen LogP contribution in [0.25, 0.3) is 6.08 Å². The first kappa shape index (κ1) is 15.4. The molecule has 2 rings (SSSR count). The van der Waals surface area contributed by atoms with E-state index in [9.17, 15) is 0 Å².